The third-order valence-electron chi connectivity index (χ3n) is 2.36. The second-order valence-corrected chi connectivity index (χ2v) is 4.26. The van der Waals surface area contributed by atoms with E-state index in [0.717, 1.165) is 0 Å². The lowest BCUT2D eigenvalue weighted by molar-refractivity contribution is -0.119. The molecule has 108 valence electrons. The van der Waals surface area contributed by atoms with Gasteiger partial charge in [-0.1, -0.05) is 6.92 Å². The van der Waals surface area contributed by atoms with Gasteiger partial charge in [-0.2, -0.15) is 18.2 Å². The molecule has 0 fully saturated rings. The Morgan fingerprint density at radius 2 is 1.95 bits per heavy atom. The summed E-state index contributed by atoms with van der Waals surface area (Å²) >= 11 is 0. The van der Waals surface area contributed by atoms with E-state index in [1.165, 1.54) is 4.90 Å². The van der Waals surface area contributed by atoms with Gasteiger partial charge in [0.2, 0.25) is 5.95 Å². The fourth-order valence-electron chi connectivity index (χ4n) is 1.71. The molecule has 0 bridgehead atoms. The number of nitrogens with one attached hydrogen (secondary N) is 1. The molecule has 4 nitrogen and oxygen atoms in total. The molecule has 1 aromatic heterocycles. The van der Waals surface area contributed by atoms with Crippen LogP contribution in [0.5, 0.6) is 0 Å². The van der Waals surface area contributed by atoms with Crippen molar-refractivity contribution in [1.82, 2.24) is 9.97 Å². The summed E-state index contributed by atoms with van der Waals surface area (Å²) < 4.78 is 37.7. The summed E-state index contributed by atoms with van der Waals surface area (Å²) in [6.45, 7) is 5.39. The summed E-state index contributed by atoms with van der Waals surface area (Å²) in [5.41, 5.74) is 0.643. The fourth-order valence-corrected chi connectivity index (χ4v) is 1.71. The van der Waals surface area contributed by atoms with Crippen molar-refractivity contribution in [3.05, 3.63) is 11.8 Å². The first kappa shape index (κ1) is 15.5. The summed E-state index contributed by atoms with van der Waals surface area (Å²) in [5.74, 6) is 0.670. The summed E-state index contributed by atoms with van der Waals surface area (Å²) in [7, 11) is 0. The zero-order valence-corrected chi connectivity index (χ0v) is 11.4. The maximum Gasteiger partial charge on any atom is 0.405 e. The Labute approximate surface area is 111 Å². The standard InChI is InChI=1S/C12H19F3N4/c1-4-6-19(8-12(13,14)15)10-7-9(3)17-11(18-10)16-5-2/h7H,4-6,8H2,1-3H3,(H,16,17,18). The van der Waals surface area contributed by atoms with Crippen LogP contribution in [0, 0.1) is 6.92 Å². The molecule has 0 saturated heterocycles. The first-order valence-corrected chi connectivity index (χ1v) is 6.27. The zero-order chi connectivity index (χ0) is 14.5. The molecule has 1 rings (SSSR count). The van der Waals surface area contributed by atoms with Crippen LogP contribution < -0.4 is 10.2 Å². The minimum Gasteiger partial charge on any atom is -0.354 e. The number of hydrogen-bond donors (Lipinski definition) is 1. The Morgan fingerprint density at radius 3 is 2.47 bits per heavy atom. The minimum absolute atomic E-state index is 0.307. The number of anilines is 2. The quantitative estimate of drug-likeness (QED) is 0.867. The van der Waals surface area contributed by atoms with Crippen molar-refractivity contribution in [3.63, 3.8) is 0 Å². The van der Waals surface area contributed by atoms with Gasteiger partial charge in [-0.3, -0.25) is 0 Å². The predicted octanol–water partition coefficient (Wildman–Crippen LogP) is 3.00. The van der Waals surface area contributed by atoms with Crippen molar-refractivity contribution in [2.45, 2.75) is 33.4 Å². The number of hydrogen-bond acceptors (Lipinski definition) is 4. The second-order valence-electron chi connectivity index (χ2n) is 4.26. The van der Waals surface area contributed by atoms with Gasteiger partial charge in [-0.05, 0) is 20.3 Å². The molecule has 1 heterocycles. The van der Waals surface area contributed by atoms with Crippen LogP contribution in [0.4, 0.5) is 24.9 Å². The third-order valence-corrected chi connectivity index (χ3v) is 2.36. The highest BCUT2D eigenvalue weighted by Crippen LogP contribution is 2.22. The van der Waals surface area contributed by atoms with Gasteiger partial charge in [-0.25, -0.2) is 4.98 Å². The van der Waals surface area contributed by atoms with Crippen LogP contribution in [0.1, 0.15) is 26.0 Å². The van der Waals surface area contributed by atoms with Crippen LogP contribution in [0.3, 0.4) is 0 Å². The SMILES string of the molecule is CCCN(CC(F)(F)F)c1cc(C)nc(NCC)n1. The van der Waals surface area contributed by atoms with Crippen molar-refractivity contribution in [3.8, 4) is 0 Å². The molecule has 0 aliphatic carbocycles. The summed E-state index contributed by atoms with van der Waals surface area (Å²) in [5, 5.41) is 2.92. The van der Waals surface area contributed by atoms with Crippen LogP contribution in [0.15, 0.2) is 6.07 Å². The molecule has 0 radical (unpaired) electrons. The molecule has 19 heavy (non-hydrogen) atoms. The molecule has 0 atom stereocenters. The normalized spacial score (nSPS) is 11.5. The number of rotatable bonds is 6. The van der Waals surface area contributed by atoms with Crippen molar-refractivity contribution in [2.24, 2.45) is 0 Å². The largest absolute Gasteiger partial charge is 0.405 e. The molecule has 0 amide bonds. The van der Waals surface area contributed by atoms with Gasteiger partial charge in [0.15, 0.2) is 0 Å². The fraction of sp³-hybridized carbons (Fsp3) is 0.667. The second kappa shape index (κ2) is 6.58. The highest BCUT2D eigenvalue weighted by atomic mass is 19.4. The van der Waals surface area contributed by atoms with Gasteiger partial charge in [0.25, 0.3) is 0 Å². The Hall–Kier alpha value is -1.53. The van der Waals surface area contributed by atoms with Crippen molar-refractivity contribution in [2.75, 3.05) is 29.9 Å². The van der Waals surface area contributed by atoms with Gasteiger partial charge in [-0.15, -0.1) is 0 Å². The Bertz CT molecular complexity index is 406. The lowest BCUT2D eigenvalue weighted by Crippen LogP contribution is -2.35. The van der Waals surface area contributed by atoms with E-state index in [4.69, 9.17) is 0 Å². The van der Waals surface area contributed by atoms with Gasteiger partial charge in [0.1, 0.15) is 12.4 Å². The summed E-state index contributed by atoms with van der Waals surface area (Å²) in [6, 6.07) is 1.57. The van der Waals surface area contributed by atoms with E-state index in [1.54, 1.807) is 13.0 Å². The van der Waals surface area contributed by atoms with E-state index < -0.39 is 12.7 Å². The lowest BCUT2D eigenvalue weighted by Gasteiger charge is -2.25. The monoisotopic (exact) mass is 276 g/mol. The highest BCUT2D eigenvalue weighted by molar-refractivity contribution is 5.44. The molecule has 7 heteroatoms. The number of aryl methyl sites for hydroxylation is 1. The lowest BCUT2D eigenvalue weighted by atomic mass is 10.3. The predicted molar refractivity (Wildman–Crippen MR) is 69.5 cm³/mol. The maximum atomic E-state index is 12.6. The Kier molecular flexibility index (Phi) is 5.38. The average molecular weight is 276 g/mol. The maximum absolute atomic E-state index is 12.6. The first-order valence-electron chi connectivity index (χ1n) is 6.27. The van der Waals surface area contributed by atoms with Crippen LogP contribution in [-0.2, 0) is 0 Å². The topological polar surface area (TPSA) is 41.1 Å². The van der Waals surface area contributed by atoms with E-state index >= 15 is 0 Å². The molecule has 0 aliphatic heterocycles. The van der Waals surface area contributed by atoms with Crippen molar-refractivity contribution in [1.29, 1.82) is 0 Å². The van der Waals surface area contributed by atoms with Gasteiger partial charge in [0.05, 0.1) is 0 Å². The number of halogens is 3. The van der Waals surface area contributed by atoms with E-state index in [1.807, 2.05) is 13.8 Å². The van der Waals surface area contributed by atoms with Crippen LogP contribution in [-0.4, -0.2) is 35.8 Å². The van der Waals surface area contributed by atoms with Gasteiger partial charge >= 0.3 is 6.18 Å². The van der Waals surface area contributed by atoms with E-state index in [-0.39, 0.29) is 0 Å². The molecule has 1 aromatic rings. The Morgan fingerprint density at radius 1 is 1.26 bits per heavy atom. The van der Waals surface area contributed by atoms with E-state index in [2.05, 4.69) is 15.3 Å². The molecule has 0 aromatic carbocycles. The van der Waals surface area contributed by atoms with Crippen molar-refractivity contribution < 1.29 is 13.2 Å². The minimum atomic E-state index is -4.24. The molecule has 0 spiro atoms. The average Bonchev–Trinajstić information content (AvgIpc) is 2.26. The number of aromatic nitrogens is 2. The number of nitrogens with zero attached hydrogens (tertiary/aromatic N) is 3. The molecule has 0 unspecified atom stereocenters. The third kappa shape index (κ3) is 5.32. The first-order chi connectivity index (χ1) is 8.85. The smallest absolute Gasteiger partial charge is 0.354 e. The molecular weight excluding hydrogens is 257 g/mol. The van der Waals surface area contributed by atoms with Crippen LogP contribution in [0.25, 0.3) is 0 Å². The number of alkyl halides is 3. The van der Waals surface area contributed by atoms with Crippen LogP contribution >= 0.6 is 0 Å². The van der Waals surface area contributed by atoms with Gasteiger partial charge < -0.3 is 10.2 Å². The highest BCUT2D eigenvalue weighted by Gasteiger charge is 2.31. The summed E-state index contributed by atoms with van der Waals surface area (Å²) in [6.07, 6.45) is -3.62. The molecule has 0 saturated carbocycles. The van der Waals surface area contributed by atoms with E-state index in [0.29, 0.717) is 37.0 Å². The zero-order valence-electron chi connectivity index (χ0n) is 11.4. The van der Waals surface area contributed by atoms with Crippen LogP contribution in [0.2, 0.25) is 0 Å². The van der Waals surface area contributed by atoms with Crippen molar-refractivity contribution >= 4 is 11.8 Å². The van der Waals surface area contributed by atoms with Gasteiger partial charge in [0, 0.05) is 24.8 Å². The molecule has 1 N–H and O–H groups in total. The molecular formula is C12H19F3N4. The van der Waals surface area contributed by atoms with E-state index in [9.17, 15) is 13.2 Å². The summed E-state index contributed by atoms with van der Waals surface area (Å²) in [4.78, 5) is 9.49. The molecule has 0 aliphatic rings. The Balaban J connectivity index is 3.00.